The topological polar surface area (TPSA) is 173 Å². The summed E-state index contributed by atoms with van der Waals surface area (Å²) < 4.78 is 50.5. The molecular formula is C27H30N10O4S2. The van der Waals surface area contributed by atoms with Gasteiger partial charge >= 0.3 is 0 Å². The summed E-state index contributed by atoms with van der Waals surface area (Å²) in [4.78, 5) is 15.7. The summed E-state index contributed by atoms with van der Waals surface area (Å²) in [5.74, 6) is 8.06. The van der Waals surface area contributed by atoms with Crippen LogP contribution in [0.5, 0.6) is 0 Å². The highest BCUT2D eigenvalue weighted by molar-refractivity contribution is 7.90. The Morgan fingerprint density at radius 1 is 1.05 bits per heavy atom. The molecule has 3 N–H and O–H groups in total. The largest absolute Gasteiger partial charge is 0.370 e. The first-order chi connectivity index (χ1) is 20.7. The Labute approximate surface area is 251 Å². The second-order valence-corrected chi connectivity index (χ2v) is 13.4. The molecule has 0 amide bonds. The molecule has 0 spiro atoms. The molecule has 1 atom stereocenters. The summed E-state index contributed by atoms with van der Waals surface area (Å²) in [5, 5.41) is 11.1. The Hall–Kier alpha value is -4.17. The molecule has 1 aliphatic heterocycles. The first-order valence-corrected chi connectivity index (χ1v) is 16.3. The van der Waals surface area contributed by atoms with Crippen LogP contribution in [0.2, 0.25) is 0 Å². The Morgan fingerprint density at radius 2 is 1.86 bits per heavy atom. The lowest BCUT2D eigenvalue weighted by molar-refractivity contribution is 0.400. The van der Waals surface area contributed by atoms with Gasteiger partial charge in [-0.05, 0) is 37.7 Å². The summed E-state index contributed by atoms with van der Waals surface area (Å²) in [5.41, 5.74) is 2.95. The minimum absolute atomic E-state index is 0.291. The third-order valence-corrected chi connectivity index (χ3v) is 9.76. The fraction of sp³-hybridized carbons (Fsp3) is 0.370. The van der Waals surface area contributed by atoms with Gasteiger partial charge in [0.05, 0.1) is 46.2 Å². The number of aromatic nitrogens is 7. The van der Waals surface area contributed by atoms with Gasteiger partial charge in [-0.25, -0.2) is 32.3 Å². The van der Waals surface area contributed by atoms with Crippen molar-refractivity contribution >= 4 is 38.6 Å². The fourth-order valence-corrected chi connectivity index (χ4v) is 6.69. The maximum Gasteiger partial charge on any atom is 0.256 e. The molecular weight excluding hydrogens is 592 g/mol. The molecule has 1 saturated heterocycles. The number of hydrogen-bond donors (Lipinski definition) is 3. The van der Waals surface area contributed by atoms with E-state index in [-0.39, 0.29) is 5.25 Å². The molecule has 2 fully saturated rings. The Morgan fingerprint density at radius 3 is 2.58 bits per heavy atom. The van der Waals surface area contributed by atoms with Gasteiger partial charge < -0.3 is 10.2 Å². The van der Waals surface area contributed by atoms with Gasteiger partial charge in [0.25, 0.3) is 10.0 Å². The average molecular weight is 623 g/mol. The average Bonchev–Trinajstić information content (AvgIpc) is 3.60. The van der Waals surface area contributed by atoms with E-state index in [1.54, 1.807) is 29.3 Å². The van der Waals surface area contributed by atoms with Gasteiger partial charge in [-0.15, -0.1) is 0 Å². The zero-order valence-electron chi connectivity index (χ0n) is 23.3. The van der Waals surface area contributed by atoms with E-state index in [4.69, 9.17) is 4.55 Å². The van der Waals surface area contributed by atoms with Crippen molar-refractivity contribution in [1.29, 1.82) is 0 Å². The molecule has 0 bridgehead atoms. The number of nitrogens with zero attached hydrogens (tertiary/aromatic N) is 8. The van der Waals surface area contributed by atoms with Crippen LogP contribution < -0.4 is 14.9 Å². The molecule has 0 aromatic carbocycles. The van der Waals surface area contributed by atoms with Gasteiger partial charge in [-0.1, -0.05) is 11.8 Å². The molecule has 1 unspecified atom stereocenters. The minimum Gasteiger partial charge on any atom is -0.370 e. The SMILES string of the molecule is Cn1cc(C#Cc2cnc(Nc3ccnc(-c4cnn(S(=O)(=O)C5CC5)c4)n3)cc2N2CCC(CNS(=O)O)CC2)cn1. The maximum atomic E-state index is 12.5. The lowest BCUT2D eigenvalue weighted by atomic mass is 9.96. The van der Waals surface area contributed by atoms with Crippen LogP contribution in [0.4, 0.5) is 17.3 Å². The van der Waals surface area contributed by atoms with Gasteiger partial charge in [0, 0.05) is 51.3 Å². The standard InChI is InChI=1S/C27H30N10O4S2/c1-35-17-20(13-30-35)2-3-21-15-29-26(12-24(21)36-10-7-19(8-11-36)14-32-42(38)39)33-25-6-9-28-27(34-25)22-16-31-37(18-22)43(40,41)23-4-5-23/h6,9,12-13,15-19,23,32H,4-5,7-8,10-11,14H2,1H3,(H,38,39)(H,28,29,33,34). The number of pyridine rings is 1. The predicted molar refractivity (Wildman–Crippen MR) is 161 cm³/mol. The van der Waals surface area contributed by atoms with Crippen LogP contribution in [0.15, 0.2) is 49.3 Å². The second kappa shape index (κ2) is 12.2. The molecule has 16 heteroatoms. The minimum atomic E-state index is -3.49. The van der Waals surface area contributed by atoms with E-state index in [9.17, 15) is 12.6 Å². The quantitative estimate of drug-likeness (QED) is 0.184. The van der Waals surface area contributed by atoms with E-state index in [1.165, 1.54) is 12.4 Å². The maximum absolute atomic E-state index is 12.5. The molecule has 6 rings (SSSR count). The third-order valence-electron chi connectivity index (χ3n) is 7.32. The van der Waals surface area contributed by atoms with Crippen LogP contribution in [0.1, 0.15) is 36.8 Å². The molecule has 5 heterocycles. The van der Waals surface area contributed by atoms with Crippen LogP contribution in [0, 0.1) is 17.8 Å². The van der Waals surface area contributed by atoms with Crippen molar-refractivity contribution in [2.45, 2.75) is 30.9 Å². The van der Waals surface area contributed by atoms with Crippen LogP contribution in [0.3, 0.4) is 0 Å². The molecule has 43 heavy (non-hydrogen) atoms. The van der Waals surface area contributed by atoms with E-state index in [2.05, 4.69) is 51.9 Å². The molecule has 14 nitrogen and oxygen atoms in total. The van der Waals surface area contributed by atoms with Gasteiger partial charge in [0.2, 0.25) is 11.3 Å². The summed E-state index contributed by atoms with van der Waals surface area (Å²) in [6, 6.07) is 3.63. The zero-order valence-corrected chi connectivity index (χ0v) is 24.9. The number of piperidine rings is 1. The molecule has 0 radical (unpaired) electrons. The van der Waals surface area contributed by atoms with E-state index in [1.807, 2.05) is 19.3 Å². The Bertz CT molecular complexity index is 1820. The van der Waals surface area contributed by atoms with Crippen molar-refractivity contribution in [1.82, 2.24) is 38.6 Å². The monoisotopic (exact) mass is 622 g/mol. The fourth-order valence-electron chi connectivity index (χ4n) is 4.84. The van der Waals surface area contributed by atoms with Crippen molar-refractivity contribution in [3.8, 4) is 23.2 Å². The summed E-state index contributed by atoms with van der Waals surface area (Å²) in [7, 11) is -1.65. The summed E-state index contributed by atoms with van der Waals surface area (Å²) >= 11 is -2.02. The number of hydrogen-bond acceptors (Lipinski definition) is 10. The second-order valence-electron chi connectivity index (χ2n) is 10.5. The zero-order chi connectivity index (χ0) is 30.0. The molecule has 1 saturated carbocycles. The molecule has 4 aromatic rings. The Kier molecular flexibility index (Phi) is 8.21. The predicted octanol–water partition coefficient (Wildman–Crippen LogP) is 1.90. The lowest BCUT2D eigenvalue weighted by Crippen LogP contribution is -2.38. The number of rotatable bonds is 9. The van der Waals surface area contributed by atoms with Gasteiger partial charge in [-0.2, -0.15) is 14.3 Å². The highest BCUT2D eigenvalue weighted by Gasteiger charge is 2.37. The van der Waals surface area contributed by atoms with Gasteiger partial charge in [0.1, 0.15) is 11.6 Å². The normalized spacial score (nSPS) is 16.5. The van der Waals surface area contributed by atoms with Gasteiger partial charge in [-0.3, -0.25) is 9.23 Å². The number of nitrogens with one attached hydrogen (secondary N) is 2. The summed E-state index contributed by atoms with van der Waals surface area (Å²) in [6.07, 6.45) is 12.7. The van der Waals surface area contributed by atoms with Crippen molar-refractivity contribution < 1.29 is 17.2 Å². The van der Waals surface area contributed by atoms with E-state index >= 15 is 0 Å². The van der Waals surface area contributed by atoms with Crippen molar-refractivity contribution in [3.63, 3.8) is 0 Å². The molecule has 1 aliphatic carbocycles. The molecule has 2 aliphatic rings. The van der Waals surface area contributed by atoms with E-state index in [0.29, 0.717) is 48.3 Å². The first-order valence-electron chi connectivity index (χ1n) is 13.7. The van der Waals surface area contributed by atoms with E-state index in [0.717, 1.165) is 46.8 Å². The van der Waals surface area contributed by atoms with Crippen molar-refractivity contribution in [2.24, 2.45) is 13.0 Å². The highest BCUT2D eigenvalue weighted by atomic mass is 32.2. The molecule has 224 valence electrons. The van der Waals surface area contributed by atoms with Crippen LogP contribution in [-0.4, -0.2) is 76.0 Å². The number of anilines is 3. The van der Waals surface area contributed by atoms with Crippen molar-refractivity contribution in [2.75, 3.05) is 29.9 Å². The Balaban J connectivity index is 1.23. The van der Waals surface area contributed by atoms with Crippen LogP contribution in [0.25, 0.3) is 11.4 Å². The van der Waals surface area contributed by atoms with Gasteiger partial charge in [0.15, 0.2) is 5.82 Å². The molecule has 4 aromatic heterocycles. The highest BCUT2D eigenvalue weighted by Crippen LogP contribution is 2.31. The van der Waals surface area contributed by atoms with Crippen LogP contribution >= 0.6 is 0 Å². The smallest absolute Gasteiger partial charge is 0.256 e. The number of aryl methyl sites for hydroxylation is 1. The van der Waals surface area contributed by atoms with Crippen molar-refractivity contribution in [3.05, 3.63) is 60.4 Å². The third kappa shape index (κ3) is 6.91. The van der Waals surface area contributed by atoms with Crippen LogP contribution in [-0.2, 0) is 28.3 Å². The summed E-state index contributed by atoms with van der Waals surface area (Å²) in [6.45, 7) is 1.98. The lowest BCUT2D eigenvalue weighted by Gasteiger charge is -2.34. The first kappa shape index (κ1) is 28.9. The van der Waals surface area contributed by atoms with E-state index < -0.39 is 21.3 Å².